The third-order valence-electron chi connectivity index (χ3n) is 6.99. The van der Waals surface area contributed by atoms with Crippen LogP contribution in [0.2, 0.25) is 0 Å². The molecular weight excluding hydrogens is 358 g/mol. The van der Waals surface area contributed by atoms with Gasteiger partial charge in [0.25, 0.3) is 0 Å². The second-order valence-corrected chi connectivity index (χ2v) is 9.38. The van der Waals surface area contributed by atoms with Crippen molar-refractivity contribution in [1.82, 2.24) is 9.80 Å². The lowest BCUT2D eigenvalue weighted by Gasteiger charge is -2.39. The average molecular weight is 394 g/mol. The highest BCUT2D eigenvalue weighted by molar-refractivity contribution is 5.58. The van der Waals surface area contributed by atoms with E-state index in [4.69, 9.17) is 10.5 Å². The van der Waals surface area contributed by atoms with Crippen LogP contribution in [0.4, 0.5) is 0 Å². The molecule has 1 saturated heterocycles. The Morgan fingerprint density at radius 2 is 1.55 bits per heavy atom. The van der Waals surface area contributed by atoms with Crippen molar-refractivity contribution in [3.8, 4) is 0 Å². The fourth-order valence-corrected chi connectivity index (χ4v) is 5.00. The molecular formula is C25H35N3O. The first kappa shape index (κ1) is 20.2. The highest BCUT2D eigenvalue weighted by Crippen LogP contribution is 2.50. The lowest BCUT2D eigenvalue weighted by Crippen LogP contribution is -2.49. The predicted octanol–water partition coefficient (Wildman–Crippen LogP) is 4.33. The molecule has 0 amide bonds. The molecule has 4 rings (SSSR count). The molecule has 1 aliphatic carbocycles. The number of nitrogens with zero attached hydrogens (tertiary/aromatic N) is 2. The van der Waals surface area contributed by atoms with Gasteiger partial charge in [-0.05, 0) is 45.3 Å². The van der Waals surface area contributed by atoms with Gasteiger partial charge in [-0.25, -0.2) is 0 Å². The summed E-state index contributed by atoms with van der Waals surface area (Å²) in [4.78, 5) is 5.16. The molecule has 4 heteroatoms. The summed E-state index contributed by atoms with van der Waals surface area (Å²) in [6.45, 7) is 17.2. The van der Waals surface area contributed by atoms with Crippen molar-refractivity contribution in [3.05, 3.63) is 69.3 Å². The zero-order chi connectivity index (χ0) is 20.8. The Morgan fingerprint density at radius 1 is 0.931 bits per heavy atom. The number of piperazine rings is 1. The normalized spacial score (nSPS) is 26.2. The van der Waals surface area contributed by atoms with Gasteiger partial charge in [0.05, 0.1) is 0 Å². The van der Waals surface area contributed by atoms with Crippen LogP contribution in [0.5, 0.6) is 0 Å². The van der Waals surface area contributed by atoms with E-state index >= 15 is 0 Å². The van der Waals surface area contributed by atoms with Crippen LogP contribution in [0.1, 0.15) is 45.2 Å². The van der Waals surface area contributed by atoms with E-state index in [-0.39, 0.29) is 5.41 Å². The summed E-state index contributed by atoms with van der Waals surface area (Å²) in [6, 6.07) is 8.93. The number of allylic oxidation sites excluding steroid dienone is 5. The van der Waals surface area contributed by atoms with Crippen LogP contribution in [0.15, 0.2) is 58.2 Å². The maximum Gasteiger partial charge on any atom is 0.104 e. The summed E-state index contributed by atoms with van der Waals surface area (Å²) in [5, 5.41) is 0. The van der Waals surface area contributed by atoms with Crippen molar-refractivity contribution < 1.29 is 4.74 Å². The van der Waals surface area contributed by atoms with Crippen LogP contribution < -0.4 is 5.73 Å². The molecule has 0 aromatic heterocycles. The monoisotopic (exact) mass is 393 g/mol. The number of fused-ring (bicyclic) bond motifs is 1. The molecule has 2 aliphatic heterocycles. The third kappa shape index (κ3) is 3.88. The minimum atomic E-state index is -0.0136. The molecule has 0 spiro atoms. The molecule has 0 radical (unpaired) electrons. The van der Waals surface area contributed by atoms with E-state index in [0.717, 1.165) is 62.9 Å². The molecule has 0 saturated carbocycles. The molecule has 2 heterocycles. The second-order valence-electron chi connectivity index (χ2n) is 9.38. The van der Waals surface area contributed by atoms with Crippen LogP contribution in [0, 0.1) is 12.3 Å². The molecule has 1 fully saturated rings. The van der Waals surface area contributed by atoms with Crippen molar-refractivity contribution in [3.63, 3.8) is 0 Å². The fraction of sp³-hybridized carbons (Fsp3) is 0.520. The number of ether oxygens (including phenoxy) is 1. The van der Waals surface area contributed by atoms with Crippen LogP contribution in [-0.4, -0.2) is 42.5 Å². The highest BCUT2D eigenvalue weighted by atomic mass is 16.5. The molecule has 0 bridgehead atoms. The Morgan fingerprint density at radius 3 is 2.21 bits per heavy atom. The smallest absolute Gasteiger partial charge is 0.104 e. The number of rotatable bonds is 4. The van der Waals surface area contributed by atoms with Gasteiger partial charge in [0.2, 0.25) is 0 Å². The van der Waals surface area contributed by atoms with Gasteiger partial charge >= 0.3 is 0 Å². The van der Waals surface area contributed by atoms with Gasteiger partial charge in [0.1, 0.15) is 11.5 Å². The molecule has 1 unspecified atom stereocenters. The zero-order valence-corrected chi connectivity index (χ0v) is 18.6. The standard InChI is InChI=1S/C25H35N3O/c1-17-6-8-21(9-7-17)15-27-10-12-28(13-11-27)16-25(5)14-22-20(4)29-19(3)18(2)23(22)24(25)26/h6-9H,10-16,26H2,1-5H3. The van der Waals surface area contributed by atoms with Crippen LogP contribution in [0.25, 0.3) is 0 Å². The number of nitrogens with two attached hydrogens (primary N) is 1. The molecule has 29 heavy (non-hydrogen) atoms. The number of aryl methyl sites for hydroxylation is 1. The molecule has 4 nitrogen and oxygen atoms in total. The highest BCUT2D eigenvalue weighted by Gasteiger charge is 2.43. The Bertz CT molecular complexity index is 885. The van der Waals surface area contributed by atoms with Crippen molar-refractivity contribution in [2.75, 3.05) is 32.7 Å². The number of hydrogen-bond acceptors (Lipinski definition) is 4. The Kier molecular flexibility index (Phi) is 5.34. The SMILES string of the molecule is CC1=C(C)C2=C(N)C(C)(CN3CCN(Cc4ccc(C)cc4)CC3)CC2=C(C)O1. The van der Waals surface area contributed by atoms with E-state index in [0.29, 0.717) is 0 Å². The number of benzene rings is 1. The summed E-state index contributed by atoms with van der Waals surface area (Å²) in [5.74, 6) is 2.01. The van der Waals surface area contributed by atoms with Gasteiger partial charge in [0.15, 0.2) is 0 Å². The lowest BCUT2D eigenvalue weighted by atomic mass is 9.85. The van der Waals surface area contributed by atoms with Crippen molar-refractivity contribution in [2.24, 2.45) is 11.1 Å². The first-order valence-electron chi connectivity index (χ1n) is 10.8. The predicted molar refractivity (Wildman–Crippen MR) is 119 cm³/mol. The first-order valence-corrected chi connectivity index (χ1v) is 10.8. The van der Waals surface area contributed by atoms with Crippen LogP contribution >= 0.6 is 0 Å². The zero-order valence-electron chi connectivity index (χ0n) is 18.6. The van der Waals surface area contributed by atoms with E-state index < -0.39 is 0 Å². The van der Waals surface area contributed by atoms with Crippen molar-refractivity contribution in [2.45, 2.75) is 47.6 Å². The number of hydrogen-bond donors (Lipinski definition) is 1. The largest absolute Gasteiger partial charge is 0.466 e. The Labute approximate surface area is 175 Å². The molecule has 1 atom stereocenters. The lowest BCUT2D eigenvalue weighted by molar-refractivity contribution is 0.0990. The second kappa shape index (κ2) is 7.66. The molecule has 3 aliphatic rings. The minimum Gasteiger partial charge on any atom is -0.466 e. The minimum absolute atomic E-state index is 0.0136. The maximum atomic E-state index is 6.76. The van der Waals surface area contributed by atoms with Crippen LogP contribution in [-0.2, 0) is 11.3 Å². The van der Waals surface area contributed by atoms with Gasteiger partial charge in [-0.3, -0.25) is 9.80 Å². The van der Waals surface area contributed by atoms with Gasteiger partial charge in [-0.15, -0.1) is 0 Å². The molecule has 1 aromatic carbocycles. The van der Waals surface area contributed by atoms with E-state index in [1.807, 2.05) is 6.92 Å². The summed E-state index contributed by atoms with van der Waals surface area (Å²) >= 11 is 0. The Hall–Kier alpha value is -2.04. The summed E-state index contributed by atoms with van der Waals surface area (Å²) in [7, 11) is 0. The van der Waals surface area contributed by atoms with Gasteiger partial charge < -0.3 is 10.5 Å². The average Bonchev–Trinajstić information content (AvgIpc) is 2.95. The van der Waals surface area contributed by atoms with Gasteiger partial charge in [-0.2, -0.15) is 0 Å². The van der Waals surface area contributed by atoms with Crippen molar-refractivity contribution in [1.29, 1.82) is 0 Å². The van der Waals surface area contributed by atoms with E-state index in [2.05, 4.69) is 61.8 Å². The molecule has 2 N–H and O–H groups in total. The van der Waals surface area contributed by atoms with E-state index in [1.54, 1.807) is 0 Å². The third-order valence-corrected chi connectivity index (χ3v) is 6.99. The van der Waals surface area contributed by atoms with Crippen LogP contribution in [0.3, 0.4) is 0 Å². The molecule has 1 aromatic rings. The van der Waals surface area contributed by atoms with E-state index in [1.165, 1.54) is 27.8 Å². The Balaban J connectivity index is 1.40. The first-order chi connectivity index (χ1) is 13.8. The summed E-state index contributed by atoms with van der Waals surface area (Å²) in [6.07, 6.45) is 0.980. The van der Waals surface area contributed by atoms with Crippen molar-refractivity contribution >= 4 is 0 Å². The quantitative estimate of drug-likeness (QED) is 0.827. The topological polar surface area (TPSA) is 41.7 Å². The summed E-state index contributed by atoms with van der Waals surface area (Å²) < 4.78 is 5.97. The van der Waals surface area contributed by atoms with Gasteiger partial charge in [0, 0.05) is 61.5 Å². The summed E-state index contributed by atoms with van der Waals surface area (Å²) in [5.41, 5.74) is 14.3. The fourth-order valence-electron chi connectivity index (χ4n) is 5.00. The molecule has 156 valence electrons. The van der Waals surface area contributed by atoms with E-state index in [9.17, 15) is 0 Å². The maximum absolute atomic E-state index is 6.76. The van der Waals surface area contributed by atoms with Gasteiger partial charge in [-0.1, -0.05) is 36.8 Å².